The zero-order valence-electron chi connectivity index (χ0n) is 8.98. The Labute approximate surface area is 94.2 Å². The average Bonchev–Trinajstić information content (AvgIpc) is 2.98. The fraction of sp³-hybridized carbons (Fsp3) is 0.500. The monoisotopic (exact) mass is 221 g/mol. The van der Waals surface area contributed by atoms with Crippen molar-refractivity contribution in [3.63, 3.8) is 0 Å². The predicted molar refractivity (Wildman–Crippen MR) is 58.5 cm³/mol. The second-order valence-corrected chi connectivity index (χ2v) is 4.26. The predicted octanol–water partition coefficient (Wildman–Crippen LogP) is 1.20. The summed E-state index contributed by atoms with van der Waals surface area (Å²) in [5.74, 6) is 1.49. The van der Waals surface area contributed by atoms with Crippen molar-refractivity contribution in [3.05, 3.63) is 23.8 Å². The van der Waals surface area contributed by atoms with Crippen LogP contribution in [-0.4, -0.2) is 24.5 Å². The first kappa shape index (κ1) is 9.93. The number of fused-ring (bicyclic) bond motifs is 1. The number of ether oxygens (including phenoxy) is 2. The molecule has 0 radical (unpaired) electrons. The summed E-state index contributed by atoms with van der Waals surface area (Å²) in [5.41, 5.74) is 0.892. The number of nitrogens with one attached hydrogen (secondary N) is 1. The third-order valence-corrected chi connectivity index (χ3v) is 3.22. The highest BCUT2D eigenvalue weighted by atomic mass is 16.7. The first-order valence-corrected chi connectivity index (χ1v) is 5.65. The Balaban J connectivity index is 1.83. The first-order chi connectivity index (χ1) is 7.84. The van der Waals surface area contributed by atoms with Crippen molar-refractivity contribution >= 4 is 0 Å². The van der Waals surface area contributed by atoms with Crippen LogP contribution < -0.4 is 14.8 Å². The maximum atomic E-state index is 10.2. The second-order valence-electron chi connectivity index (χ2n) is 4.26. The lowest BCUT2D eigenvalue weighted by Gasteiger charge is -2.18. The summed E-state index contributed by atoms with van der Waals surface area (Å²) in [6.45, 7) is 1.27. The van der Waals surface area contributed by atoms with Crippen LogP contribution in [0.15, 0.2) is 18.2 Å². The highest BCUT2D eigenvalue weighted by Gasteiger charge is 2.25. The molecule has 2 aliphatic heterocycles. The molecular weight excluding hydrogens is 206 g/mol. The van der Waals surface area contributed by atoms with Gasteiger partial charge < -0.3 is 19.9 Å². The van der Waals surface area contributed by atoms with Gasteiger partial charge in [0, 0.05) is 6.04 Å². The van der Waals surface area contributed by atoms with Gasteiger partial charge in [-0.05, 0) is 37.1 Å². The highest BCUT2D eigenvalue weighted by molar-refractivity contribution is 5.45. The summed E-state index contributed by atoms with van der Waals surface area (Å²) in [7, 11) is 0. The molecule has 1 saturated heterocycles. The van der Waals surface area contributed by atoms with Crippen LogP contribution in [0.25, 0.3) is 0 Å². The lowest BCUT2D eigenvalue weighted by atomic mass is 10.0. The molecule has 0 aliphatic carbocycles. The SMILES string of the molecule is OC(c1ccc2c(c1)OCO2)C1CCCN1. The molecule has 1 aromatic rings. The molecule has 2 N–H and O–H groups in total. The molecule has 1 aromatic carbocycles. The summed E-state index contributed by atoms with van der Waals surface area (Å²) in [6.07, 6.45) is 1.69. The Bertz CT molecular complexity index is 388. The van der Waals surface area contributed by atoms with Gasteiger partial charge in [0.05, 0.1) is 6.10 Å². The van der Waals surface area contributed by atoms with Crippen LogP contribution in [-0.2, 0) is 0 Å². The van der Waals surface area contributed by atoms with Crippen molar-refractivity contribution < 1.29 is 14.6 Å². The molecule has 2 unspecified atom stereocenters. The standard InChI is InChI=1S/C12H15NO3/c14-12(9-2-1-5-13-9)8-3-4-10-11(6-8)16-7-15-10/h3-4,6,9,12-14H,1-2,5,7H2. The Kier molecular flexibility index (Phi) is 2.46. The van der Waals surface area contributed by atoms with Gasteiger partial charge in [-0.25, -0.2) is 0 Å². The van der Waals surface area contributed by atoms with Gasteiger partial charge >= 0.3 is 0 Å². The average molecular weight is 221 g/mol. The van der Waals surface area contributed by atoms with Crippen LogP contribution in [0.4, 0.5) is 0 Å². The van der Waals surface area contributed by atoms with E-state index in [1.54, 1.807) is 0 Å². The minimum absolute atomic E-state index is 0.167. The molecule has 2 atom stereocenters. The zero-order chi connectivity index (χ0) is 11.0. The van der Waals surface area contributed by atoms with Gasteiger partial charge in [0.1, 0.15) is 0 Å². The molecule has 2 aliphatic rings. The molecule has 2 heterocycles. The van der Waals surface area contributed by atoms with Gasteiger partial charge in [-0.2, -0.15) is 0 Å². The number of aliphatic hydroxyl groups excluding tert-OH is 1. The lowest BCUT2D eigenvalue weighted by Crippen LogP contribution is -2.28. The van der Waals surface area contributed by atoms with Crippen LogP contribution in [0.3, 0.4) is 0 Å². The zero-order valence-corrected chi connectivity index (χ0v) is 8.98. The molecule has 86 valence electrons. The molecule has 16 heavy (non-hydrogen) atoms. The molecule has 0 bridgehead atoms. The molecule has 0 amide bonds. The summed E-state index contributed by atoms with van der Waals surface area (Å²) in [5, 5.41) is 13.5. The van der Waals surface area contributed by atoms with Gasteiger partial charge in [0.2, 0.25) is 6.79 Å². The van der Waals surface area contributed by atoms with Crippen molar-refractivity contribution in [2.75, 3.05) is 13.3 Å². The van der Waals surface area contributed by atoms with Crippen molar-refractivity contribution in [2.45, 2.75) is 25.0 Å². The first-order valence-electron chi connectivity index (χ1n) is 5.65. The second kappa shape index (κ2) is 3.96. The Morgan fingerprint density at radius 1 is 1.31 bits per heavy atom. The van der Waals surface area contributed by atoms with E-state index in [1.165, 1.54) is 0 Å². The normalized spacial score (nSPS) is 24.7. The van der Waals surface area contributed by atoms with Gasteiger partial charge in [-0.1, -0.05) is 6.07 Å². The number of aliphatic hydroxyl groups is 1. The minimum atomic E-state index is -0.461. The van der Waals surface area contributed by atoms with Gasteiger partial charge in [-0.3, -0.25) is 0 Å². The Hall–Kier alpha value is -1.26. The van der Waals surface area contributed by atoms with E-state index in [0.717, 1.165) is 36.4 Å². The fourth-order valence-electron chi connectivity index (χ4n) is 2.31. The van der Waals surface area contributed by atoms with E-state index in [2.05, 4.69) is 5.32 Å². The summed E-state index contributed by atoms with van der Waals surface area (Å²) in [4.78, 5) is 0. The number of rotatable bonds is 2. The number of benzene rings is 1. The van der Waals surface area contributed by atoms with E-state index in [1.807, 2.05) is 18.2 Å². The maximum absolute atomic E-state index is 10.2. The molecule has 1 fully saturated rings. The van der Waals surface area contributed by atoms with Crippen molar-refractivity contribution in [2.24, 2.45) is 0 Å². The molecule has 0 saturated carbocycles. The number of hydrogen-bond acceptors (Lipinski definition) is 4. The van der Waals surface area contributed by atoms with Crippen molar-refractivity contribution in [3.8, 4) is 11.5 Å². The molecule has 0 aromatic heterocycles. The largest absolute Gasteiger partial charge is 0.454 e. The van der Waals surface area contributed by atoms with Crippen LogP contribution in [0.1, 0.15) is 24.5 Å². The Morgan fingerprint density at radius 3 is 3.00 bits per heavy atom. The third-order valence-electron chi connectivity index (χ3n) is 3.22. The maximum Gasteiger partial charge on any atom is 0.231 e. The smallest absolute Gasteiger partial charge is 0.231 e. The van der Waals surface area contributed by atoms with Gasteiger partial charge in [0.15, 0.2) is 11.5 Å². The van der Waals surface area contributed by atoms with E-state index in [4.69, 9.17) is 9.47 Å². The Morgan fingerprint density at radius 2 is 2.19 bits per heavy atom. The topological polar surface area (TPSA) is 50.7 Å². The van der Waals surface area contributed by atoms with Crippen LogP contribution in [0, 0.1) is 0 Å². The highest BCUT2D eigenvalue weighted by Crippen LogP contribution is 2.35. The minimum Gasteiger partial charge on any atom is -0.454 e. The van der Waals surface area contributed by atoms with E-state index in [-0.39, 0.29) is 12.8 Å². The molecule has 0 spiro atoms. The lowest BCUT2D eigenvalue weighted by molar-refractivity contribution is 0.137. The molecular formula is C12H15NO3. The van der Waals surface area contributed by atoms with E-state index in [9.17, 15) is 5.11 Å². The van der Waals surface area contributed by atoms with Gasteiger partial charge in [-0.15, -0.1) is 0 Å². The molecule has 3 rings (SSSR count). The summed E-state index contributed by atoms with van der Waals surface area (Å²) >= 11 is 0. The van der Waals surface area contributed by atoms with Crippen LogP contribution in [0.5, 0.6) is 11.5 Å². The summed E-state index contributed by atoms with van der Waals surface area (Å²) < 4.78 is 10.5. The van der Waals surface area contributed by atoms with E-state index < -0.39 is 6.10 Å². The van der Waals surface area contributed by atoms with Crippen LogP contribution >= 0.6 is 0 Å². The van der Waals surface area contributed by atoms with Crippen LogP contribution in [0.2, 0.25) is 0 Å². The van der Waals surface area contributed by atoms with Crippen molar-refractivity contribution in [1.82, 2.24) is 5.32 Å². The number of hydrogen-bond donors (Lipinski definition) is 2. The van der Waals surface area contributed by atoms with E-state index >= 15 is 0 Å². The third kappa shape index (κ3) is 1.64. The van der Waals surface area contributed by atoms with Gasteiger partial charge in [0.25, 0.3) is 0 Å². The fourth-order valence-corrected chi connectivity index (χ4v) is 2.31. The quantitative estimate of drug-likeness (QED) is 0.788. The summed E-state index contributed by atoms with van der Waals surface area (Å²) in [6, 6.07) is 5.79. The van der Waals surface area contributed by atoms with E-state index in [0.29, 0.717) is 0 Å². The molecule has 4 heteroatoms. The molecule has 4 nitrogen and oxygen atoms in total. The van der Waals surface area contributed by atoms with Crippen molar-refractivity contribution in [1.29, 1.82) is 0 Å².